The highest BCUT2D eigenvalue weighted by Crippen LogP contribution is 2.13. The first-order valence-corrected chi connectivity index (χ1v) is 8.73. The van der Waals surface area contributed by atoms with E-state index in [9.17, 15) is 4.79 Å². The number of morpholine rings is 1. The molecule has 23 heavy (non-hydrogen) atoms. The highest BCUT2D eigenvalue weighted by atomic mass is 16.5. The molecule has 1 saturated heterocycles. The quantitative estimate of drug-likeness (QED) is 0.741. The summed E-state index contributed by atoms with van der Waals surface area (Å²) in [5.74, 6) is 1.15. The highest BCUT2D eigenvalue weighted by molar-refractivity contribution is 5.75. The number of carbonyl (C=O) groups excluding carboxylic acids is 1. The summed E-state index contributed by atoms with van der Waals surface area (Å²) in [5, 5.41) is 0. The third kappa shape index (κ3) is 6.71. The molecule has 0 amide bonds. The molecular formula is C19H30NO3+. The molecule has 128 valence electrons. The first kappa shape index (κ1) is 18.0. The minimum atomic E-state index is 0.236. The predicted molar refractivity (Wildman–Crippen MR) is 91.1 cm³/mol. The summed E-state index contributed by atoms with van der Waals surface area (Å²) in [6.45, 7) is 10.0. The number of carbonyl (C=O) groups is 1. The van der Waals surface area contributed by atoms with Crippen molar-refractivity contribution in [3.63, 3.8) is 0 Å². The van der Waals surface area contributed by atoms with Gasteiger partial charge in [0.25, 0.3) is 0 Å². The molecule has 0 aliphatic carbocycles. The molecule has 0 radical (unpaired) electrons. The summed E-state index contributed by atoms with van der Waals surface area (Å²) in [5.41, 5.74) is 1.19. The van der Waals surface area contributed by atoms with E-state index in [4.69, 9.17) is 9.47 Å². The number of quaternary nitrogens is 1. The lowest BCUT2D eigenvalue weighted by Crippen LogP contribution is -3.15. The number of nitrogens with one attached hydrogen (secondary N) is 1. The lowest BCUT2D eigenvalue weighted by atomic mass is 10.1. The Hall–Kier alpha value is -1.39. The van der Waals surface area contributed by atoms with Crippen molar-refractivity contribution >= 4 is 5.78 Å². The molecule has 4 nitrogen and oxygen atoms in total. The minimum absolute atomic E-state index is 0.236. The number of rotatable bonds is 8. The van der Waals surface area contributed by atoms with Crippen molar-refractivity contribution in [2.45, 2.75) is 52.2 Å². The van der Waals surface area contributed by atoms with Gasteiger partial charge in [-0.15, -0.1) is 0 Å². The van der Waals surface area contributed by atoms with E-state index in [1.54, 1.807) is 11.8 Å². The van der Waals surface area contributed by atoms with Crippen LogP contribution in [0.2, 0.25) is 0 Å². The Balaban J connectivity index is 1.65. The van der Waals surface area contributed by atoms with Gasteiger partial charge in [-0.1, -0.05) is 12.1 Å². The number of ketones is 1. The molecule has 1 aromatic carbocycles. The number of benzene rings is 1. The standard InChI is InChI=1S/C19H29NO3/c1-15(21)5-6-18-7-9-19(10-8-18)22-12-4-11-20-13-16(2)23-17(3)14-20/h7-10,16-17H,4-6,11-14H2,1-3H3/p+1/t16-,17+. The van der Waals surface area contributed by atoms with Gasteiger partial charge in [0.2, 0.25) is 0 Å². The number of Topliss-reactive ketones (excluding diaryl/α,β-unsaturated/α-hetero) is 1. The van der Waals surface area contributed by atoms with Gasteiger partial charge >= 0.3 is 0 Å². The minimum Gasteiger partial charge on any atom is -0.493 e. The van der Waals surface area contributed by atoms with Crippen LogP contribution in [0.3, 0.4) is 0 Å². The largest absolute Gasteiger partial charge is 0.493 e. The van der Waals surface area contributed by atoms with Crippen molar-refractivity contribution in [3.8, 4) is 5.75 Å². The van der Waals surface area contributed by atoms with Gasteiger partial charge in [-0.25, -0.2) is 0 Å². The van der Waals surface area contributed by atoms with Crippen LogP contribution in [-0.4, -0.2) is 44.2 Å². The normalized spacial score (nSPS) is 24.4. The summed E-state index contributed by atoms with van der Waals surface area (Å²) in [6.07, 6.45) is 3.20. The van der Waals surface area contributed by atoms with E-state index in [1.807, 2.05) is 12.1 Å². The number of hydrogen-bond donors (Lipinski definition) is 1. The Bertz CT molecular complexity index is 476. The van der Waals surface area contributed by atoms with E-state index in [2.05, 4.69) is 26.0 Å². The smallest absolute Gasteiger partial charge is 0.130 e. The monoisotopic (exact) mass is 320 g/mol. The van der Waals surface area contributed by atoms with Gasteiger partial charge in [0.1, 0.15) is 36.8 Å². The van der Waals surface area contributed by atoms with Gasteiger partial charge in [-0.3, -0.25) is 0 Å². The number of hydrogen-bond acceptors (Lipinski definition) is 3. The summed E-state index contributed by atoms with van der Waals surface area (Å²) < 4.78 is 11.6. The Kier molecular flexibility index (Phi) is 7.06. The Morgan fingerprint density at radius 2 is 1.87 bits per heavy atom. The second-order valence-corrected chi connectivity index (χ2v) is 6.71. The molecule has 0 spiro atoms. The first-order valence-electron chi connectivity index (χ1n) is 8.73. The zero-order valence-corrected chi connectivity index (χ0v) is 14.6. The van der Waals surface area contributed by atoms with E-state index < -0.39 is 0 Å². The predicted octanol–water partition coefficient (Wildman–Crippen LogP) is 1.67. The molecule has 0 saturated carbocycles. The molecule has 2 rings (SSSR count). The van der Waals surface area contributed by atoms with Gasteiger partial charge < -0.3 is 19.2 Å². The summed E-state index contributed by atoms with van der Waals surface area (Å²) in [7, 11) is 0. The maximum Gasteiger partial charge on any atom is 0.130 e. The third-order valence-electron chi connectivity index (χ3n) is 4.25. The summed E-state index contributed by atoms with van der Waals surface area (Å²) >= 11 is 0. The van der Waals surface area contributed by atoms with E-state index in [-0.39, 0.29) is 5.78 Å². The van der Waals surface area contributed by atoms with Crippen molar-refractivity contribution in [2.24, 2.45) is 0 Å². The zero-order valence-electron chi connectivity index (χ0n) is 14.6. The van der Waals surface area contributed by atoms with Crippen molar-refractivity contribution in [2.75, 3.05) is 26.2 Å². The van der Waals surface area contributed by atoms with Crippen LogP contribution in [0.25, 0.3) is 0 Å². The molecule has 1 fully saturated rings. The van der Waals surface area contributed by atoms with Gasteiger partial charge in [-0.2, -0.15) is 0 Å². The fourth-order valence-corrected chi connectivity index (χ4v) is 3.18. The Morgan fingerprint density at radius 1 is 1.22 bits per heavy atom. The topological polar surface area (TPSA) is 40.0 Å². The van der Waals surface area contributed by atoms with Gasteiger partial charge in [0, 0.05) is 12.8 Å². The molecule has 1 aliphatic heterocycles. The fraction of sp³-hybridized carbons (Fsp3) is 0.632. The third-order valence-corrected chi connectivity index (χ3v) is 4.25. The lowest BCUT2D eigenvalue weighted by molar-refractivity contribution is -0.915. The maximum atomic E-state index is 11.0. The maximum absolute atomic E-state index is 11.0. The number of aryl methyl sites for hydroxylation is 1. The van der Waals surface area contributed by atoms with Crippen LogP contribution < -0.4 is 9.64 Å². The summed E-state index contributed by atoms with van der Waals surface area (Å²) in [4.78, 5) is 12.6. The van der Waals surface area contributed by atoms with Crippen LogP contribution in [-0.2, 0) is 16.0 Å². The fourth-order valence-electron chi connectivity index (χ4n) is 3.18. The van der Waals surface area contributed by atoms with Crippen LogP contribution in [0, 0.1) is 0 Å². The van der Waals surface area contributed by atoms with Crippen molar-refractivity contribution < 1.29 is 19.2 Å². The molecule has 0 bridgehead atoms. The molecule has 1 unspecified atom stereocenters. The molecule has 3 atom stereocenters. The van der Waals surface area contributed by atoms with Crippen LogP contribution in [0.1, 0.15) is 39.2 Å². The molecule has 1 N–H and O–H groups in total. The number of ether oxygens (including phenoxy) is 2. The average molecular weight is 320 g/mol. The second kappa shape index (κ2) is 9.04. The van der Waals surface area contributed by atoms with E-state index in [0.29, 0.717) is 18.6 Å². The Morgan fingerprint density at radius 3 is 2.48 bits per heavy atom. The van der Waals surface area contributed by atoms with Crippen LogP contribution in [0.4, 0.5) is 0 Å². The van der Waals surface area contributed by atoms with Gasteiger partial charge in [0.05, 0.1) is 13.2 Å². The molecule has 0 aromatic heterocycles. The van der Waals surface area contributed by atoms with Crippen LogP contribution in [0.15, 0.2) is 24.3 Å². The molecule has 4 heteroatoms. The zero-order chi connectivity index (χ0) is 16.7. The molecular weight excluding hydrogens is 290 g/mol. The molecule has 1 aromatic rings. The second-order valence-electron chi connectivity index (χ2n) is 6.71. The average Bonchev–Trinajstić information content (AvgIpc) is 2.50. The lowest BCUT2D eigenvalue weighted by Gasteiger charge is -2.32. The van der Waals surface area contributed by atoms with Gasteiger partial charge in [-0.05, 0) is 44.9 Å². The van der Waals surface area contributed by atoms with E-state index >= 15 is 0 Å². The Labute approximate surface area is 139 Å². The molecule has 1 heterocycles. The van der Waals surface area contributed by atoms with Crippen LogP contribution >= 0.6 is 0 Å². The summed E-state index contributed by atoms with van der Waals surface area (Å²) in [6, 6.07) is 8.10. The van der Waals surface area contributed by atoms with Gasteiger partial charge in [0.15, 0.2) is 0 Å². The van der Waals surface area contributed by atoms with E-state index in [0.717, 1.165) is 44.8 Å². The van der Waals surface area contributed by atoms with Crippen molar-refractivity contribution in [1.29, 1.82) is 0 Å². The van der Waals surface area contributed by atoms with Crippen molar-refractivity contribution in [3.05, 3.63) is 29.8 Å². The SMILES string of the molecule is CC(=O)CCc1ccc(OCCC[NH+]2C[C@@H](C)O[C@@H](C)C2)cc1. The van der Waals surface area contributed by atoms with E-state index in [1.165, 1.54) is 5.56 Å². The first-order chi connectivity index (χ1) is 11.0. The molecule has 1 aliphatic rings. The highest BCUT2D eigenvalue weighted by Gasteiger charge is 2.24. The van der Waals surface area contributed by atoms with Crippen LogP contribution in [0.5, 0.6) is 5.75 Å². The van der Waals surface area contributed by atoms with Crippen molar-refractivity contribution in [1.82, 2.24) is 0 Å².